The summed E-state index contributed by atoms with van der Waals surface area (Å²) in [4.78, 5) is 2.18. The van der Waals surface area contributed by atoms with Gasteiger partial charge >= 0.3 is 0 Å². The molecule has 0 aromatic heterocycles. The monoisotopic (exact) mass is 292 g/mol. The predicted molar refractivity (Wildman–Crippen MR) is 92.5 cm³/mol. The third kappa shape index (κ3) is 2.92. The zero-order valence-electron chi connectivity index (χ0n) is 13.7. The lowest BCUT2D eigenvalue weighted by Crippen LogP contribution is -2.36. The Morgan fingerprint density at radius 2 is 1.59 bits per heavy atom. The van der Waals surface area contributed by atoms with Crippen LogP contribution in [0, 0.1) is 5.41 Å². The zero-order valence-corrected chi connectivity index (χ0v) is 13.7. The highest BCUT2D eigenvalue weighted by Gasteiger charge is 2.19. The highest BCUT2D eigenvalue weighted by Crippen LogP contribution is 2.24. The van der Waals surface area contributed by atoms with E-state index in [1.54, 1.807) is 0 Å². The minimum Gasteiger partial charge on any atom is -0.352 e. The van der Waals surface area contributed by atoms with Crippen LogP contribution in [0.2, 0.25) is 0 Å². The van der Waals surface area contributed by atoms with Crippen molar-refractivity contribution in [3.8, 4) is 0 Å². The summed E-state index contributed by atoms with van der Waals surface area (Å²) < 4.78 is 0. The molecule has 114 valence electrons. The van der Waals surface area contributed by atoms with E-state index in [1.807, 2.05) is 0 Å². The van der Waals surface area contributed by atoms with Crippen LogP contribution in [0.25, 0.3) is 0 Å². The lowest BCUT2D eigenvalue weighted by atomic mass is 9.86. The minimum absolute atomic E-state index is 0.158. The summed E-state index contributed by atoms with van der Waals surface area (Å²) in [6.45, 7) is 8.42. The lowest BCUT2D eigenvalue weighted by Gasteiger charge is -2.31. The van der Waals surface area contributed by atoms with Gasteiger partial charge in [-0.05, 0) is 28.5 Å². The van der Waals surface area contributed by atoms with E-state index in [9.17, 15) is 0 Å². The first-order chi connectivity index (χ1) is 10.4. The zero-order chi connectivity index (χ0) is 15.7. The Morgan fingerprint density at radius 3 is 2.23 bits per heavy atom. The molecule has 0 saturated heterocycles. The number of fused-ring (bicyclic) bond motifs is 1. The number of benzene rings is 2. The molecule has 0 aliphatic carbocycles. The van der Waals surface area contributed by atoms with Crippen molar-refractivity contribution in [2.24, 2.45) is 0 Å². The van der Waals surface area contributed by atoms with Gasteiger partial charge in [-0.1, -0.05) is 69.3 Å². The molecule has 0 amide bonds. The Hall–Kier alpha value is -2.09. The summed E-state index contributed by atoms with van der Waals surface area (Å²) >= 11 is 0. The van der Waals surface area contributed by atoms with Crippen LogP contribution in [0.15, 0.2) is 48.5 Å². The fraction of sp³-hybridized carbons (Fsp3) is 0.350. The summed E-state index contributed by atoms with van der Waals surface area (Å²) in [5.41, 5.74) is 5.25. The lowest BCUT2D eigenvalue weighted by molar-refractivity contribution is 0.392. The van der Waals surface area contributed by atoms with Crippen LogP contribution in [-0.2, 0) is 18.4 Å². The van der Waals surface area contributed by atoms with Crippen molar-refractivity contribution in [1.82, 2.24) is 4.90 Å². The summed E-state index contributed by atoms with van der Waals surface area (Å²) in [5, 5.41) is 8.52. The van der Waals surface area contributed by atoms with Crippen molar-refractivity contribution in [2.45, 2.75) is 39.2 Å². The molecule has 2 nitrogen and oxygen atoms in total. The molecule has 0 radical (unpaired) electrons. The first-order valence-corrected chi connectivity index (χ1v) is 7.96. The molecule has 0 fully saturated rings. The smallest absolute Gasteiger partial charge is 0.128 e. The van der Waals surface area contributed by atoms with Gasteiger partial charge in [0.15, 0.2) is 0 Å². The average molecular weight is 292 g/mol. The molecule has 0 saturated carbocycles. The van der Waals surface area contributed by atoms with Crippen LogP contribution in [0.3, 0.4) is 0 Å². The van der Waals surface area contributed by atoms with Gasteiger partial charge in [-0.3, -0.25) is 5.41 Å². The minimum atomic E-state index is 0.158. The quantitative estimate of drug-likeness (QED) is 0.613. The Balaban J connectivity index is 1.78. The molecule has 0 bridgehead atoms. The Kier molecular flexibility index (Phi) is 3.78. The van der Waals surface area contributed by atoms with Crippen LogP contribution in [0.5, 0.6) is 0 Å². The fourth-order valence-electron chi connectivity index (χ4n) is 3.00. The maximum Gasteiger partial charge on any atom is 0.128 e. The van der Waals surface area contributed by atoms with Crippen molar-refractivity contribution < 1.29 is 0 Å². The second kappa shape index (κ2) is 5.60. The van der Waals surface area contributed by atoms with Crippen LogP contribution < -0.4 is 0 Å². The first kappa shape index (κ1) is 14.8. The van der Waals surface area contributed by atoms with E-state index >= 15 is 0 Å². The van der Waals surface area contributed by atoms with Gasteiger partial charge in [-0.15, -0.1) is 0 Å². The topological polar surface area (TPSA) is 27.1 Å². The second-order valence-electron chi connectivity index (χ2n) is 7.12. The molecule has 1 aliphatic rings. The van der Waals surface area contributed by atoms with E-state index in [2.05, 4.69) is 74.2 Å². The predicted octanol–water partition coefficient (Wildman–Crippen LogP) is 4.37. The normalized spacial score (nSPS) is 14.6. The molecular weight excluding hydrogens is 268 g/mol. The van der Waals surface area contributed by atoms with E-state index in [0.717, 1.165) is 25.1 Å². The molecule has 0 unspecified atom stereocenters. The number of hydrogen-bond donors (Lipinski definition) is 1. The van der Waals surface area contributed by atoms with Crippen molar-refractivity contribution in [3.05, 3.63) is 70.8 Å². The third-order valence-corrected chi connectivity index (χ3v) is 4.47. The average Bonchev–Trinajstić information content (AvgIpc) is 2.53. The molecule has 1 heterocycles. The molecule has 1 N–H and O–H groups in total. The van der Waals surface area contributed by atoms with Gasteiger partial charge < -0.3 is 4.90 Å². The summed E-state index contributed by atoms with van der Waals surface area (Å²) in [7, 11) is 0. The number of nitrogens with one attached hydrogen (secondary N) is 1. The number of rotatable bonds is 1. The largest absolute Gasteiger partial charge is 0.352 e. The standard InChI is InChI=1S/C20H24N2/c1-20(2,3)18-10-8-16(9-11-18)19(21)22-13-12-15-6-4-5-7-17(15)14-22/h4-11,21H,12-14H2,1-3H3. The van der Waals surface area contributed by atoms with Gasteiger partial charge in [0, 0.05) is 18.7 Å². The van der Waals surface area contributed by atoms with Crippen LogP contribution >= 0.6 is 0 Å². The van der Waals surface area contributed by atoms with E-state index in [0.29, 0.717) is 5.84 Å². The number of hydrogen-bond acceptors (Lipinski definition) is 1. The molecule has 0 spiro atoms. The van der Waals surface area contributed by atoms with Crippen molar-refractivity contribution in [2.75, 3.05) is 6.54 Å². The molecule has 0 atom stereocenters. The fourth-order valence-corrected chi connectivity index (χ4v) is 3.00. The molecule has 22 heavy (non-hydrogen) atoms. The van der Waals surface area contributed by atoms with Crippen LogP contribution in [-0.4, -0.2) is 17.3 Å². The van der Waals surface area contributed by atoms with E-state index in [4.69, 9.17) is 5.41 Å². The number of amidine groups is 1. The second-order valence-corrected chi connectivity index (χ2v) is 7.12. The summed E-state index contributed by atoms with van der Waals surface area (Å²) in [6, 6.07) is 17.1. The first-order valence-electron chi connectivity index (χ1n) is 7.96. The van der Waals surface area contributed by atoms with Gasteiger partial charge in [0.2, 0.25) is 0 Å². The summed E-state index contributed by atoms with van der Waals surface area (Å²) in [6.07, 6.45) is 1.03. The highest BCUT2D eigenvalue weighted by molar-refractivity contribution is 5.96. The molecule has 2 aromatic carbocycles. The molecular formula is C20H24N2. The van der Waals surface area contributed by atoms with E-state index in [-0.39, 0.29) is 5.41 Å². The van der Waals surface area contributed by atoms with E-state index in [1.165, 1.54) is 16.7 Å². The third-order valence-electron chi connectivity index (χ3n) is 4.47. The summed E-state index contributed by atoms with van der Waals surface area (Å²) in [5.74, 6) is 0.634. The van der Waals surface area contributed by atoms with E-state index < -0.39 is 0 Å². The van der Waals surface area contributed by atoms with Crippen molar-refractivity contribution in [1.29, 1.82) is 5.41 Å². The Morgan fingerprint density at radius 1 is 0.955 bits per heavy atom. The van der Waals surface area contributed by atoms with Gasteiger partial charge in [0.25, 0.3) is 0 Å². The molecule has 2 aromatic rings. The van der Waals surface area contributed by atoms with Gasteiger partial charge in [0.05, 0.1) is 0 Å². The molecule has 1 aliphatic heterocycles. The van der Waals surface area contributed by atoms with Gasteiger partial charge in [-0.25, -0.2) is 0 Å². The highest BCUT2D eigenvalue weighted by atomic mass is 15.2. The maximum atomic E-state index is 8.52. The van der Waals surface area contributed by atoms with Crippen LogP contribution in [0.1, 0.15) is 43.0 Å². The van der Waals surface area contributed by atoms with Gasteiger partial charge in [-0.2, -0.15) is 0 Å². The maximum absolute atomic E-state index is 8.52. The van der Waals surface area contributed by atoms with Crippen molar-refractivity contribution in [3.63, 3.8) is 0 Å². The van der Waals surface area contributed by atoms with Crippen molar-refractivity contribution >= 4 is 5.84 Å². The molecule has 2 heteroatoms. The Bertz CT molecular complexity index is 678. The Labute approximate surface area is 133 Å². The van der Waals surface area contributed by atoms with Crippen LogP contribution in [0.4, 0.5) is 0 Å². The molecule has 3 rings (SSSR count). The van der Waals surface area contributed by atoms with Gasteiger partial charge in [0.1, 0.15) is 5.84 Å². The number of nitrogens with zero attached hydrogens (tertiary/aromatic N) is 1. The SMILES string of the molecule is CC(C)(C)c1ccc(C(=N)N2CCc3ccccc3C2)cc1.